The summed E-state index contributed by atoms with van der Waals surface area (Å²) >= 11 is 0. The fourth-order valence-electron chi connectivity index (χ4n) is 5.52. The van der Waals surface area contributed by atoms with E-state index in [0.29, 0.717) is 34.5 Å². The highest BCUT2D eigenvalue weighted by Crippen LogP contribution is 2.54. The fraction of sp³-hybridized carbons (Fsp3) is 0.500. The molecule has 1 aliphatic heterocycles. The molecule has 12 heteroatoms. The zero-order valence-corrected chi connectivity index (χ0v) is 26.1. The molecule has 0 amide bonds. The number of methoxy groups -OCH3 is 1. The summed E-state index contributed by atoms with van der Waals surface area (Å²) in [6, 6.07) is 13.3. The lowest BCUT2D eigenvalue weighted by atomic mass is 9.93. The molecule has 0 bridgehead atoms. The van der Waals surface area contributed by atoms with Crippen molar-refractivity contribution in [1.82, 2.24) is 19.7 Å². The quantitative estimate of drug-likeness (QED) is 0.343. The van der Waals surface area contributed by atoms with Gasteiger partial charge in [0.1, 0.15) is 27.7 Å². The van der Waals surface area contributed by atoms with Crippen LogP contribution in [-0.2, 0) is 31.5 Å². The van der Waals surface area contributed by atoms with Gasteiger partial charge in [-0.05, 0) is 95.0 Å². The van der Waals surface area contributed by atoms with E-state index in [0.717, 1.165) is 42.9 Å². The molecule has 6 rings (SSSR count). The van der Waals surface area contributed by atoms with Crippen molar-refractivity contribution < 1.29 is 17.9 Å². The first kappa shape index (κ1) is 29.0. The van der Waals surface area contributed by atoms with Crippen LogP contribution >= 0.6 is 0 Å². The Kier molecular flexibility index (Phi) is 7.51. The van der Waals surface area contributed by atoms with Crippen LogP contribution in [0.2, 0.25) is 0 Å². The summed E-state index contributed by atoms with van der Waals surface area (Å²) in [7, 11) is -1.64. The standard InChI is InChI=1S/C30H38N6O4S2/c1-28(2,3)33-41(38)23-7-5-6-21(18-23)24-20-36(34-31-24)25-9-8-22(32-42(39)30(12-13-30)27(37)40-4)19-26(25)35-16-14-29(10-11-29)15-17-35/h5-9,18-20,32-33H,10-17H2,1-4H3. The van der Waals surface area contributed by atoms with E-state index in [1.165, 1.54) is 20.0 Å². The number of anilines is 2. The second kappa shape index (κ2) is 10.9. The third-order valence-corrected chi connectivity index (χ3v) is 11.6. The van der Waals surface area contributed by atoms with E-state index >= 15 is 0 Å². The van der Waals surface area contributed by atoms with Crippen molar-refractivity contribution in [2.45, 2.75) is 74.5 Å². The molecular formula is C30H38N6O4S2. The summed E-state index contributed by atoms with van der Waals surface area (Å²) in [6.07, 6.45) is 7.89. The zero-order valence-electron chi connectivity index (χ0n) is 24.5. The highest BCUT2D eigenvalue weighted by molar-refractivity contribution is 7.89. The van der Waals surface area contributed by atoms with Gasteiger partial charge in [0.2, 0.25) is 0 Å². The van der Waals surface area contributed by atoms with Crippen molar-refractivity contribution in [2.75, 3.05) is 29.8 Å². The fourth-order valence-corrected chi connectivity index (χ4v) is 7.88. The SMILES string of the molecule is COC(=O)C1(S(=O)Nc2ccc(-n3cc(-c4cccc(S(=O)NC(C)(C)C)c4)nn3)c(N3CCC4(CC3)CC4)c2)CC1. The number of aromatic nitrogens is 3. The number of nitrogens with zero attached hydrogens (tertiary/aromatic N) is 4. The molecule has 224 valence electrons. The van der Waals surface area contributed by atoms with Crippen molar-refractivity contribution in [3.8, 4) is 16.9 Å². The first-order chi connectivity index (χ1) is 20.0. The summed E-state index contributed by atoms with van der Waals surface area (Å²) < 4.78 is 37.9. The molecule has 2 aromatic carbocycles. The molecule has 3 fully saturated rings. The highest BCUT2D eigenvalue weighted by Gasteiger charge is 2.57. The molecule has 2 saturated carbocycles. The van der Waals surface area contributed by atoms with Crippen LogP contribution < -0.4 is 14.3 Å². The molecule has 1 aromatic heterocycles. The van der Waals surface area contributed by atoms with Crippen LogP contribution in [0.5, 0.6) is 0 Å². The average molecular weight is 611 g/mol. The largest absolute Gasteiger partial charge is 0.468 e. The monoisotopic (exact) mass is 610 g/mol. The normalized spacial score (nSPS) is 20.1. The van der Waals surface area contributed by atoms with E-state index in [1.807, 2.05) is 69.4 Å². The van der Waals surface area contributed by atoms with Crippen LogP contribution in [0, 0.1) is 5.41 Å². The van der Waals surface area contributed by atoms with Crippen LogP contribution in [0.1, 0.15) is 59.3 Å². The minimum Gasteiger partial charge on any atom is -0.468 e. The predicted molar refractivity (Wildman–Crippen MR) is 165 cm³/mol. The van der Waals surface area contributed by atoms with Gasteiger partial charge in [-0.15, -0.1) is 5.10 Å². The van der Waals surface area contributed by atoms with Crippen molar-refractivity contribution in [3.63, 3.8) is 0 Å². The van der Waals surface area contributed by atoms with Gasteiger partial charge in [0.05, 0.1) is 29.6 Å². The van der Waals surface area contributed by atoms with E-state index in [1.54, 1.807) is 4.68 Å². The number of carbonyl (C=O) groups is 1. The molecular weight excluding hydrogens is 573 g/mol. The number of hydrogen-bond acceptors (Lipinski definition) is 7. The lowest BCUT2D eigenvalue weighted by molar-refractivity contribution is -0.140. The summed E-state index contributed by atoms with van der Waals surface area (Å²) in [6.45, 7) is 7.80. The van der Waals surface area contributed by atoms with E-state index in [4.69, 9.17) is 4.74 Å². The Balaban J connectivity index is 1.29. The number of piperidine rings is 1. The molecule has 1 saturated heterocycles. The number of nitrogens with one attached hydrogen (secondary N) is 2. The number of rotatable bonds is 9. The molecule has 2 N–H and O–H groups in total. The maximum Gasteiger partial charge on any atom is 0.326 e. The first-order valence-corrected chi connectivity index (χ1v) is 16.7. The van der Waals surface area contributed by atoms with Crippen LogP contribution in [0.4, 0.5) is 11.4 Å². The maximum atomic E-state index is 13.2. The summed E-state index contributed by atoms with van der Waals surface area (Å²) in [5.74, 6) is -0.437. The minimum atomic E-state index is -1.61. The third kappa shape index (κ3) is 5.89. The molecule has 2 aliphatic carbocycles. The number of ether oxygens (including phenoxy) is 1. The number of carbonyl (C=O) groups excluding carboxylic acids is 1. The molecule has 2 unspecified atom stereocenters. The van der Waals surface area contributed by atoms with Gasteiger partial charge < -0.3 is 14.4 Å². The van der Waals surface area contributed by atoms with Gasteiger partial charge >= 0.3 is 5.97 Å². The molecule has 1 spiro atoms. The second-order valence-electron chi connectivity index (χ2n) is 12.7. The van der Waals surface area contributed by atoms with Crippen molar-refractivity contribution in [3.05, 3.63) is 48.7 Å². The highest BCUT2D eigenvalue weighted by atomic mass is 32.2. The lowest BCUT2D eigenvalue weighted by Crippen LogP contribution is -2.37. The van der Waals surface area contributed by atoms with Crippen molar-refractivity contribution in [1.29, 1.82) is 0 Å². The van der Waals surface area contributed by atoms with Gasteiger partial charge in [-0.2, -0.15) is 0 Å². The Hall–Kier alpha value is -3.09. The van der Waals surface area contributed by atoms with E-state index < -0.39 is 32.7 Å². The van der Waals surface area contributed by atoms with Crippen molar-refractivity contribution in [2.24, 2.45) is 5.41 Å². The van der Waals surface area contributed by atoms with Gasteiger partial charge in [0.15, 0.2) is 4.75 Å². The zero-order chi connectivity index (χ0) is 29.7. The van der Waals surface area contributed by atoms with Crippen LogP contribution in [0.15, 0.2) is 53.6 Å². The van der Waals surface area contributed by atoms with E-state index in [2.05, 4.69) is 24.7 Å². The van der Waals surface area contributed by atoms with Gasteiger partial charge in [-0.1, -0.05) is 17.3 Å². The van der Waals surface area contributed by atoms with Gasteiger partial charge in [0.25, 0.3) is 0 Å². The Morgan fingerprint density at radius 2 is 1.71 bits per heavy atom. The Morgan fingerprint density at radius 3 is 2.36 bits per heavy atom. The molecule has 3 aliphatic rings. The topological polar surface area (TPSA) is 118 Å². The Labute approximate surface area is 251 Å². The number of esters is 1. The lowest BCUT2D eigenvalue weighted by Gasteiger charge is -2.35. The third-order valence-electron chi connectivity index (χ3n) is 8.41. The number of benzene rings is 2. The van der Waals surface area contributed by atoms with Crippen LogP contribution in [0.3, 0.4) is 0 Å². The molecule has 2 atom stereocenters. The predicted octanol–water partition coefficient (Wildman–Crippen LogP) is 4.51. The molecule has 3 aromatic rings. The van der Waals surface area contributed by atoms with E-state index in [-0.39, 0.29) is 5.54 Å². The number of hydrogen-bond donors (Lipinski definition) is 2. The summed E-state index contributed by atoms with van der Waals surface area (Å²) in [4.78, 5) is 15.3. The van der Waals surface area contributed by atoms with Crippen LogP contribution in [0.25, 0.3) is 16.9 Å². The molecule has 42 heavy (non-hydrogen) atoms. The van der Waals surface area contributed by atoms with Gasteiger partial charge in [0, 0.05) is 29.9 Å². The smallest absolute Gasteiger partial charge is 0.326 e. The summed E-state index contributed by atoms with van der Waals surface area (Å²) in [5.41, 5.74) is 4.22. The molecule has 2 heterocycles. The molecule has 0 radical (unpaired) electrons. The average Bonchev–Trinajstić information content (AvgIpc) is 3.89. The molecule has 10 nitrogen and oxygen atoms in total. The first-order valence-electron chi connectivity index (χ1n) is 14.4. The summed E-state index contributed by atoms with van der Waals surface area (Å²) in [5, 5.41) is 8.93. The van der Waals surface area contributed by atoms with E-state index in [9.17, 15) is 13.2 Å². The van der Waals surface area contributed by atoms with Gasteiger partial charge in [-0.3, -0.25) is 4.79 Å². The van der Waals surface area contributed by atoms with Crippen LogP contribution in [-0.4, -0.2) is 59.9 Å². The van der Waals surface area contributed by atoms with Gasteiger partial charge in [-0.25, -0.2) is 17.8 Å². The minimum absolute atomic E-state index is 0.291. The second-order valence-corrected chi connectivity index (χ2v) is 15.5. The Morgan fingerprint density at radius 1 is 0.976 bits per heavy atom. The maximum absolute atomic E-state index is 13.2. The van der Waals surface area contributed by atoms with Crippen molar-refractivity contribution >= 4 is 39.3 Å². The Bertz CT molecular complexity index is 1550.